The van der Waals surface area contributed by atoms with Crippen molar-refractivity contribution in [3.8, 4) is 11.1 Å². The van der Waals surface area contributed by atoms with Gasteiger partial charge < -0.3 is 18.9 Å². The van der Waals surface area contributed by atoms with Crippen LogP contribution in [0.5, 0.6) is 0 Å². The summed E-state index contributed by atoms with van der Waals surface area (Å²) in [5.41, 5.74) is 0.330. The zero-order valence-electron chi connectivity index (χ0n) is 23.1. The van der Waals surface area contributed by atoms with Gasteiger partial charge in [-0.3, -0.25) is 9.69 Å². The second-order valence-corrected chi connectivity index (χ2v) is 11.3. The summed E-state index contributed by atoms with van der Waals surface area (Å²) in [7, 11) is 0. The Hall–Kier alpha value is -3.70. The highest BCUT2D eigenvalue weighted by Crippen LogP contribution is 2.30. The fourth-order valence-electron chi connectivity index (χ4n) is 4.13. The number of ether oxygens (including phenoxy) is 4. The van der Waals surface area contributed by atoms with E-state index >= 15 is 0 Å². The fraction of sp³-hybridized carbons (Fsp3) is 0.556. The maximum Gasteiger partial charge on any atom is 0.509 e. The Morgan fingerprint density at radius 1 is 0.974 bits per heavy atom. The van der Waals surface area contributed by atoms with Gasteiger partial charge in [-0.05, 0) is 59.1 Å². The second kappa shape index (κ2) is 11.6. The van der Waals surface area contributed by atoms with Gasteiger partial charge in [-0.25, -0.2) is 14.3 Å². The SMILES string of the molecule is CC(=O)O[C@@H]1[C@@H](OC(=O)OC(C)(C)C)CN(C(=O)OC(C)(C)C)[C@@H]1Cc1ccc(-c2cnn(C(F)F)c2)cc1. The highest BCUT2D eigenvalue weighted by atomic mass is 19.3. The number of hydrogen-bond acceptors (Lipinski definition) is 8. The lowest BCUT2D eigenvalue weighted by Crippen LogP contribution is -2.45. The first-order chi connectivity index (χ1) is 18.0. The van der Waals surface area contributed by atoms with Crippen LogP contribution in [-0.4, -0.2) is 68.9 Å². The molecule has 3 rings (SSSR count). The molecule has 39 heavy (non-hydrogen) atoms. The van der Waals surface area contributed by atoms with Gasteiger partial charge in [0.1, 0.15) is 11.2 Å². The molecule has 0 radical (unpaired) electrons. The number of halogens is 2. The minimum atomic E-state index is -2.74. The van der Waals surface area contributed by atoms with E-state index in [-0.39, 0.29) is 13.0 Å². The first kappa shape index (κ1) is 29.9. The van der Waals surface area contributed by atoms with Gasteiger partial charge in [0, 0.05) is 18.7 Å². The zero-order valence-corrected chi connectivity index (χ0v) is 23.1. The van der Waals surface area contributed by atoms with Crippen molar-refractivity contribution in [2.24, 2.45) is 0 Å². The van der Waals surface area contributed by atoms with Crippen molar-refractivity contribution in [2.45, 2.75) is 90.9 Å². The lowest BCUT2D eigenvalue weighted by Gasteiger charge is -2.30. The Kier molecular flexibility index (Phi) is 8.87. The molecule has 0 aliphatic carbocycles. The third kappa shape index (κ3) is 8.39. The highest BCUT2D eigenvalue weighted by molar-refractivity contribution is 5.71. The van der Waals surface area contributed by atoms with Crippen LogP contribution >= 0.6 is 0 Å². The van der Waals surface area contributed by atoms with E-state index in [0.29, 0.717) is 15.8 Å². The molecule has 0 saturated carbocycles. The van der Waals surface area contributed by atoms with E-state index in [1.54, 1.807) is 65.8 Å². The molecule has 1 saturated heterocycles. The van der Waals surface area contributed by atoms with Crippen molar-refractivity contribution in [1.82, 2.24) is 14.7 Å². The largest absolute Gasteiger partial charge is 0.509 e. The molecule has 1 aliphatic rings. The minimum Gasteiger partial charge on any atom is -0.456 e. The van der Waals surface area contributed by atoms with Gasteiger partial charge in [0.05, 0.1) is 18.8 Å². The van der Waals surface area contributed by atoms with Crippen LogP contribution in [-0.2, 0) is 30.2 Å². The first-order valence-electron chi connectivity index (χ1n) is 12.5. The van der Waals surface area contributed by atoms with E-state index < -0.39 is 54.2 Å². The molecular formula is C27H35F2N3O7. The van der Waals surface area contributed by atoms with E-state index in [4.69, 9.17) is 18.9 Å². The molecule has 3 atom stereocenters. The Labute approximate surface area is 226 Å². The number of alkyl halides is 2. The molecule has 1 amide bonds. The number of aromatic nitrogens is 2. The molecule has 2 heterocycles. The average molecular weight is 552 g/mol. The minimum absolute atomic E-state index is 0.0817. The van der Waals surface area contributed by atoms with Crippen molar-refractivity contribution < 1.29 is 42.1 Å². The first-order valence-corrected chi connectivity index (χ1v) is 12.5. The zero-order chi connectivity index (χ0) is 29.1. The summed E-state index contributed by atoms with van der Waals surface area (Å²) in [6.45, 7) is 8.64. The van der Waals surface area contributed by atoms with Crippen molar-refractivity contribution >= 4 is 18.2 Å². The lowest BCUT2D eigenvalue weighted by molar-refractivity contribution is -0.153. The molecular weight excluding hydrogens is 516 g/mol. The number of likely N-dealkylation sites (tertiary alicyclic amines) is 1. The van der Waals surface area contributed by atoms with Crippen LogP contribution in [0.25, 0.3) is 11.1 Å². The van der Waals surface area contributed by atoms with E-state index in [1.807, 2.05) is 0 Å². The third-order valence-electron chi connectivity index (χ3n) is 5.62. The number of hydrogen-bond donors (Lipinski definition) is 0. The van der Waals surface area contributed by atoms with Gasteiger partial charge in [0.2, 0.25) is 0 Å². The van der Waals surface area contributed by atoms with Gasteiger partial charge in [-0.2, -0.15) is 13.9 Å². The molecule has 1 fully saturated rings. The normalized spacial score (nSPS) is 19.6. The molecule has 1 aliphatic heterocycles. The van der Waals surface area contributed by atoms with Crippen LogP contribution in [0.4, 0.5) is 18.4 Å². The van der Waals surface area contributed by atoms with E-state index in [9.17, 15) is 23.2 Å². The summed E-state index contributed by atoms with van der Waals surface area (Å²) >= 11 is 0. The van der Waals surface area contributed by atoms with Gasteiger partial charge in [-0.15, -0.1) is 0 Å². The maximum atomic E-state index is 13.2. The smallest absolute Gasteiger partial charge is 0.456 e. The predicted octanol–water partition coefficient (Wildman–Crippen LogP) is 5.36. The molecule has 2 aromatic rings. The van der Waals surface area contributed by atoms with Gasteiger partial charge in [0.25, 0.3) is 0 Å². The monoisotopic (exact) mass is 551 g/mol. The number of carbonyl (C=O) groups is 3. The topological polar surface area (TPSA) is 109 Å². The van der Waals surface area contributed by atoms with Crippen molar-refractivity contribution in [3.05, 3.63) is 42.2 Å². The molecule has 12 heteroatoms. The lowest BCUT2D eigenvalue weighted by atomic mass is 9.99. The fourth-order valence-corrected chi connectivity index (χ4v) is 4.13. The second-order valence-electron chi connectivity index (χ2n) is 11.3. The quantitative estimate of drug-likeness (QED) is 0.349. The highest BCUT2D eigenvalue weighted by Gasteiger charge is 2.49. The molecule has 1 aromatic heterocycles. The van der Waals surface area contributed by atoms with Crippen molar-refractivity contribution in [3.63, 3.8) is 0 Å². The van der Waals surface area contributed by atoms with Gasteiger partial charge in [-0.1, -0.05) is 24.3 Å². The Morgan fingerprint density at radius 2 is 1.59 bits per heavy atom. The third-order valence-corrected chi connectivity index (χ3v) is 5.62. The van der Waals surface area contributed by atoms with E-state index in [0.717, 1.165) is 5.56 Å². The summed E-state index contributed by atoms with van der Waals surface area (Å²) in [5.74, 6) is -0.611. The maximum absolute atomic E-state index is 13.2. The number of rotatable bonds is 6. The van der Waals surface area contributed by atoms with Crippen LogP contribution < -0.4 is 0 Å². The summed E-state index contributed by atoms with van der Waals surface area (Å²) in [4.78, 5) is 39.0. The van der Waals surface area contributed by atoms with Crippen LogP contribution in [0.1, 0.15) is 60.6 Å². The van der Waals surface area contributed by atoms with E-state index in [1.165, 1.54) is 24.2 Å². The molecule has 0 spiro atoms. The number of carbonyl (C=O) groups excluding carboxylic acids is 3. The Bertz CT molecular complexity index is 1170. The summed E-state index contributed by atoms with van der Waals surface area (Å²) < 4.78 is 48.3. The van der Waals surface area contributed by atoms with Crippen LogP contribution in [0.15, 0.2) is 36.7 Å². The number of benzene rings is 1. The molecule has 0 N–H and O–H groups in total. The molecule has 1 aromatic carbocycles. The molecule has 0 unspecified atom stereocenters. The summed E-state index contributed by atoms with van der Waals surface area (Å²) in [5, 5.41) is 3.66. The summed E-state index contributed by atoms with van der Waals surface area (Å²) in [6, 6.07) is 6.29. The summed E-state index contributed by atoms with van der Waals surface area (Å²) in [6.07, 6.45) is -0.790. The van der Waals surface area contributed by atoms with Crippen LogP contribution in [0.2, 0.25) is 0 Å². The average Bonchev–Trinajstić information content (AvgIpc) is 3.38. The van der Waals surface area contributed by atoms with Gasteiger partial charge in [0.15, 0.2) is 12.2 Å². The van der Waals surface area contributed by atoms with Crippen molar-refractivity contribution in [2.75, 3.05) is 6.54 Å². The van der Waals surface area contributed by atoms with Gasteiger partial charge >= 0.3 is 24.8 Å². The van der Waals surface area contributed by atoms with Crippen molar-refractivity contribution in [1.29, 1.82) is 0 Å². The molecule has 214 valence electrons. The van der Waals surface area contributed by atoms with Crippen LogP contribution in [0.3, 0.4) is 0 Å². The predicted molar refractivity (Wildman–Crippen MR) is 136 cm³/mol. The Morgan fingerprint density at radius 3 is 2.10 bits per heavy atom. The molecule has 0 bridgehead atoms. The Balaban J connectivity index is 1.88. The molecule has 10 nitrogen and oxygen atoms in total. The van der Waals surface area contributed by atoms with Crippen LogP contribution in [0, 0.1) is 0 Å². The number of esters is 1. The number of nitrogens with zero attached hydrogens (tertiary/aromatic N) is 3. The number of amides is 1. The van der Waals surface area contributed by atoms with E-state index in [2.05, 4.69) is 5.10 Å². The standard InChI is InChI=1S/C27H35F2N3O7/c1-16(33)36-22-20(12-17-8-10-18(11-9-17)19-13-30-32(14-19)23(28)29)31(24(34)38-26(2,3)4)15-21(22)37-25(35)39-27(5,6)7/h8-11,13-14,20-23H,12,15H2,1-7H3/t20-,21+,22+/m1/s1.